The highest BCUT2D eigenvalue weighted by Gasteiger charge is 2.51. The molecule has 2 bridgehead atoms. The second-order valence-electron chi connectivity index (χ2n) is 4.97. The van der Waals surface area contributed by atoms with E-state index < -0.39 is 11.7 Å². The Kier molecular flexibility index (Phi) is 2.80. The van der Waals surface area contributed by atoms with Crippen LogP contribution >= 0.6 is 0 Å². The van der Waals surface area contributed by atoms with E-state index in [1.807, 2.05) is 18.2 Å². The summed E-state index contributed by atoms with van der Waals surface area (Å²) in [6.45, 7) is 0. The van der Waals surface area contributed by atoms with E-state index in [0.29, 0.717) is 6.42 Å². The van der Waals surface area contributed by atoms with E-state index >= 15 is 0 Å². The van der Waals surface area contributed by atoms with Crippen molar-refractivity contribution in [3.05, 3.63) is 35.4 Å². The van der Waals surface area contributed by atoms with Crippen molar-refractivity contribution in [2.24, 2.45) is 0 Å². The molecule has 3 atom stereocenters. The molecule has 3 aliphatic rings. The SMILES string of the molecule is COc1ccc(OC)c2c1C1C=CC2(OC)C(O)C1. The third kappa shape index (κ3) is 1.47. The minimum Gasteiger partial charge on any atom is -0.496 e. The highest BCUT2D eigenvalue weighted by molar-refractivity contribution is 5.60. The summed E-state index contributed by atoms with van der Waals surface area (Å²) in [5, 5.41) is 10.4. The van der Waals surface area contributed by atoms with Crippen LogP contribution in [0.4, 0.5) is 0 Å². The Morgan fingerprint density at radius 1 is 1.16 bits per heavy atom. The summed E-state index contributed by atoms with van der Waals surface area (Å²) in [4.78, 5) is 0. The molecule has 1 aromatic rings. The first-order valence-corrected chi connectivity index (χ1v) is 6.36. The van der Waals surface area contributed by atoms with Crippen molar-refractivity contribution in [1.82, 2.24) is 0 Å². The zero-order valence-corrected chi connectivity index (χ0v) is 11.3. The van der Waals surface area contributed by atoms with Gasteiger partial charge in [0.2, 0.25) is 0 Å². The lowest BCUT2D eigenvalue weighted by atomic mass is 9.66. The monoisotopic (exact) mass is 262 g/mol. The van der Waals surface area contributed by atoms with Crippen LogP contribution < -0.4 is 9.47 Å². The summed E-state index contributed by atoms with van der Waals surface area (Å²) in [7, 11) is 4.90. The van der Waals surface area contributed by atoms with Crippen LogP contribution in [0.3, 0.4) is 0 Å². The quantitative estimate of drug-likeness (QED) is 0.846. The minimum absolute atomic E-state index is 0.145. The van der Waals surface area contributed by atoms with Crippen LogP contribution in [0.1, 0.15) is 23.5 Å². The van der Waals surface area contributed by atoms with E-state index in [1.54, 1.807) is 21.3 Å². The standard InChI is InChI=1S/C15H18O4/c1-17-10-4-5-11(18-2)14-13(10)9-6-7-15(14,19-3)12(16)8-9/h4-7,9,12,16H,8H2,1-3H3. The van der Waals surface area contributed by atoms with E-state index in [9.17, 15) is 5.11 Å². The van der Waals surface area contributed by atoms with Gasteiger partial charge in [0.25, 0.3) is 0 Å². The molecule has 4 rings (SSSR count). The Labute approximate surface area is 112 Å². The summed E-state index contributed by atoms with van der Waals surface area (Å²) in [6.07, 6.45) is 4.10. The lowest BCUT2D eigenvalue weighted by molar-refractivity contribution is -0.0921. The molecule has 102 valence electrons. The molecule has 0 aromatic heterocycles. The molecule has 0 amide bonds. The minimum atomic E-state index is -0.829. The van der Waals surface area contributed by atoms with E-state index in [0.717, 1.165) is 22.6 Å². The van der Waals surface area contributed by atoms with E-state index in [2.05, 4.69) is 6.08 Å². The van der Waals surface area contributed by atoms with Crippen molar-refractivity contribution in [1.29, 1.82) is 0 Å². The normalized spacial score (nSPS) is 31.2. The number of fused-ring (bicyclic) bond motifs is 1. The molecule has 0 saturated heterocycles. The third-order valence-electron chi connectivity index (χ3n) is 4.25. The average Bonchev–Trinajstić information content (AvgIpc) is 2.46. The van der Waals surface area contributed by atoms with Crippen LogP contribution in [0.25, 0.3) is 0 Å². The Hall–Kier alpha value is -1.52. The van der Waals surface area contributed by atoms with Crippen molar-refractivity contribution in [2.45, 2.75) is 24.0 Å². The molecule has 3 unspecified atom stereocenters. The van der Waals surface area contributed by atoms with Crippen LogP contribution in [0.5, 0.6) is 11.5 Å². The predicted molar refractivity (Wildman–Crippen MR) is 70.7 cm³/mol. The molecule has 1 N–H and O–H groups in total. The van der Waals surface area contributed by atoms with Crippen molar-refractivity contribution in [3.8, 4) is 11.5 Å². The predicted octanol–water partition coefficient (Wildman–Crippen LogP) is 1.96. The van der Waals surface area contributed by atoms with Crippen LogP contribution in [-0.2, 0) is 10.3 Å². The molecule has 19 heavy (non-hydrogen) atoms. The van der Waals surface area contributed by atoms with Crippen molar-refractivity contribution in [2.75, 3.05) is 21.3 Å². The van der Waals surface area contributed by atoms with E-state index in [1.165, 1.54) is 0 Å². The van der Waals surface area contributed by atoms with Gasteiger partial charge in [0.05, 0.1) is 20.3 Å². The summed E-state index contributed by atoms with van der Waals surface area (Å²) in [5.41, 5.74) is 1.13. The second-order valence-corrected chi connectivity index (χ2v) is 4.97. The summed E-state index contributed by atoms with van der Waals surface area (Å²) < 4.78 is 16.6. The largest absolute Gasteiger partial charge is 0.496 e. The highest BCUT2D eigenvalue weighted by Crippen LogP contribution is 2.55. The molecule has 0 fully saturated rings. The lowest BCUT2D eigenvalue weighted by Crippen LogP contribution is -2.47. The number of ether oxygens (including phenoxy) is 3. The first kappa shape index (κ1) is 12.5. The number of methoxy groups -OCH3 is 3. The number of rotatable bonds is 3. The number of hydrogen-bond acceptors (Lipinski definition) is 4. The molecule has 0 aliphatic heterocycles. The van der Waals surface area contributed by atoms with Crippen molar-refractivity contribution >= 4 is 0 Å². The van der Waals surface area contributed by atoms with Gasteiger partial charge in [0.1, 0.15) is 17.1 Å². The zero-order valence-electron chi connectivity index (χ0n) is 11.3. The zero-order chi connectivity index (χ0) is 13.6. The number of allylic oxidation sites excluding steroid dienone is 1. The van der Waals surface area contributed by atoms with Gasteiger partial charge in [0.15, 0.2) is 0 Å². The molecular formula is C15H18O4. The van der Waals surface area contributed by atoms with Crippen LogP contribution in [0.2, 0.25) is 0 Å². The maximum absolute atomic E-state index is 10.4. The smallest absolute Gasteiger partial charge is 0.141 e. The maximum atomic E-state index is 10.4. The van der Waals surface area contributed by atoms with Gasteiger partial charge in [-0.1, -0.05) is 6.08 Å². The molecular weight excluding hydrogens is 244 g/mol. The topological polar surface area (TPSA) is 47.9 Å². The van der Waals surface area contributed by atoms with Gasteiger partial charge in [-0.15, -0.1) is 0 Å². The molecule has 4 nitrogen and oxygen atoms in total. The molecule has 0 heterocycles. The highest BCUT2D eigenvalue weighted by atomic mass is 16.5. The van der Waals surface area contributed by atoms with E-state index in [-0.39, 0.29) is 5.92 Å². The van der Waals surface area contributed by atoms with Crippen LogP contribution in [0.15, 0.2) is 24.3 Å². The van der Waals surface area contributed by atoms with Gasteiger partial charge >= 0.3 is 0 Å². The van der Waals surface area contributed by atoms with Gasteiger partial charge in [-0.05, 0) is 24.6 Å². The third-order valence-corrected chi connectivity index (χ3v) is 4.25. The molecule has 3 aliphatic carbocycles. The molecule has 4 heteroatoms. The Morgan fingerprint density at radius 2 is 1.84 bits per heavy atom. The van der Waals surface area contributed by atoms with Gasteiger partial charge < -0.3 is 19.3 Å². The van der Waals surface area contributed by atoms with Gasteiger partial charge in [-0.2, -0.15) is 0 Å². The summed E-state index contributed by atoms with van der Waals surface area (Å²) in [6, 6.07) is 3.77. The Bertz CT molecular complexity index is 537. The van der Waals surface area contributed by atoms with Crippen LogP contribution in [0, 0.1) is 0 Å². The molecule has 0 saturated carbocycles. The first-order chi connectivity index (χ1) is 9.17. The fraction of sp³-hybridized carbons (Fsp3) is 0.467. The first-order valence-electron chi connectivity index (χ1n) is 6.36. The number of aliphatic hydroxyl groups is 1. The van der Waals surface area contributed by atoms with E-state index in [4.69, 9.17) is 14.2 Å². The summed E-state index contributed by atoms with van der Waals surface area (Å²) in [5.74, 6) is 1.69. The lowest BCUT2D eigenvalue weighted by Gasteiger charge is -2.46. The van der Waals surface area contributed by atoms with Gasteiger partial charge in [-0.25, -0.2) is 0 Å². The Balaban J connectivity index is 2.33. The van der Waals surface area contributed by atoms with Crippen molar-refractivity contribution < 1.29 is 19.3 Å². The maximum Gasteiger partial charge on any atom is 0.141 e. The fourth-order valence-electron chi connectivity index (χ4n) is 3.33. The average molecular weight is 262 g/mol. The van der Waals surface area contributed by atoms with Gasteiger partial charge in [-0.3, -0.25) is 0 Å². The number of hydrogen-bond donors (Lipinski definition) is 1. The Morgan fingerprint density at radius 3 is 2.42 bits per heavy atom. The van der Waals surface area contributed by atoms with Gasteiger partial charge in [0, 0.05) is 24.2 Å². The van der Waals surface area contributed by atoms with Crippen molar-refractivity contribution in [3.63, 3.8) is 0 Å². The number of benzene rings is 1. The van der Waals surface area contributed by atoms with Crippen LogP contribution in [-0.4, -0.2) is 32.5 Å². The second kappa shape index (κ2) is 4.25. The fourth-order valence-corrected chi connectivity index (χ4v) is 3.33. The molecule has 1 aromatic carbocycles. The number of aliphatic hydroxyl groups excluding tert-OH is 1. The summed E-state index contributed by atoms with van der Waals surface area (Å²) >= 11 is 0. The molecule has 0 radical (unpaired) electrons. The molecule has 0 spiro atoms.